The van der Waals surface area contributed by atoms with Gasteiger partial charge < -0.3 is 5.32 Å². The molecule has 0 radical (unpaired) electrons. The second-order valence-corrected chi connectivity index (χ2v) is 2.29. The van der Waals surface area contributed by atoms with Crippen molar-refractivity contribution in [3.05, 3.63) is 11.6 Å². The molecule has 1 aliphatic heterocycles. The Kier molecular flexibility index (Phi) is 2.01. The summed E-state index contributed by atoms with van der Waals surface area (Å²) >= 11 is 0. The maximum atomic E-state index is 10.3. The molecule has 2 nitrogen and oxygen atoms in total. The quantitative estimate of drug-likeness (QED) is 0.517. The number of rotatable bonds is 1. The third-order valence-electron chi connectivity index (χ3n) is 1.61. The van der Waals surface area contributed by atoms with Crippen molar-refractivity contribution < 1.29 is 4.79 Å². The van der Waals surface area contributed by atoms with Gasteiger partial charge in [-0.2, -0.15) is 0 Å². The Hall–Kier alpha value is -0.630. The van der Waals surface area contributed by atoms with E-state index < -0.39 is 0 Å². The van der Waals surface area contributed by atoms with Gasteiger partial charge in [0, 0.05) is 11.6 Å². The van der Waals surface area contributed by atoms with Crippen LogP contribution in [0.25, 0.3) is 0 Å². The van der Waals surface area contributed by atoms with Crippen LogP contribution in [0.1, 0.15) is 13.3 Å². The first-order valence-electron chi connectivity index (χ1n) is 3.23. The molecule has 0 saturated heterocycles. The molecule has 0 aliphatic carbocycles. The normalized spacial score (nSPS) is 27.2. The number of carbonyl (C=O) groups is 1. The standard InChI is InChI=1S/C7H11NO/c1-6-7(5-9)3-2-4-8-6/h3,5-6,8H,2,4H2,1H3. The summed E-state index contributed by atoms with van der Waals surface area (Å²) < 4.78 is 0. The lowest BCUT2D eigenvalue weighted by atomic mass is 10.1. The lowest BCUT2D eigenvalue weighted by Crippen LogP contribution is -2.32. The van der Waals surface area contributed by atoms with Crippen molar-refractivity contribution in [1.82, 2.24) is 5.32 Å². The van der Waals surface area contributed by atoms with Gasteiger partial charge in [0.15, 0.2) is 0 Å². The minimum absolute atomic E-state index is 0.260. The van der Waals surface area contributed by atoms with E-state index in [0.717, 1.165) is 24.8 Å². The largest absolute Gasteiger partial charge is 0.310 e. The fourth-order valence-electron chi connectivity index (χ4n) is 0.983. The highest BCUT2D eigenvalue weighted by Crippen LogP contribution is 2.04. The Morgan fingerprint density at radius 2 is 2.67 bits per heavy atom. The molecule has 0 bridgehead atoms. The highest BCUT2D eigenvalue weighted by atomic mass is 16.1. The zero-order chi connectivity index (χ0) is 6.69. The number of hydrogen-bond acceptors (Lipinski definition) is 2. The van der Waals surface area contributed by atoms with Crippen molar-refractivity contribution >= 4 is 6.29 Å². The minimum Gasteiger partial charge on any atom is -0.310 e. The predicted molar refractivity (Wildman–Crippen MR) is 36.2 cm³/mol. The summed E-state index contributed by atoms with van der Waals surface area (Å²) in [6.07, 6.45) is 3.91. The molecule has 1 unspecified atom stereocenters. The summed E-state index contributed by atoms with van der Waals surface area (Å²) in [5.74, 6) is 0. The van der Waals surface area contributed by atoms with Crippen LogP contribution < -0.4 is 5.32 Å². The molecular formula is C7H11NO. The maximum Gasteiger partial charge on any atom is 0.147 e. The molecule has 0 aromatic carbocycles. The Morgan fingerprint density at radius 1 is 1.89 bits per heavy atom. The summed E-state index contributed by atoms with van der Waals surface area (Å²) in [5.41, 5.74) is 0.890. The Labute approximate surface area is 54.9 Å². The van der Waals surface area contributed by atoms with E-state index in [1.165, 1.54) is 0 Å². The molecule has 50 valence electrons. The molecule has 0 aromatic heterocycles. The summed E-state index contributed by atoms with van der Waals surface area (Å²) in [6.45, 7) is 3.00. The van der Waals surface area contributed by atoms with E-state index in [4.69, 9.17) is 0 Å². The van der Waals surface area contributed by atoms with Crippen LogP contribution in [-0.2, 0) is 4.79 Å². The van der Waals surface area contributed by atoms with Crippen LogP contribution in [0.4, 0.5) is 0 Å². The van der Waals surface area contributed by atoms with Gasteiger partial charge in [0.05, 0.1) is 0 Å². The summed E-state index contributed by atoms with van der Waals surface area (Å²) in [7, 11) is 0. The van der Waals surface area contributed by atoms with Gasteiger partial charge in [0.1, 0.15) is 6.29 Å². The minimum atomic E-state index is 0.260. The zero-order valence-corrected chi connectivity index (χ0v) is 5.55. The van der Waals surface area contributed by atoms with E-state index in [0.29, 0.717) is 0 Å². The monoisotopic (exact) mass is 125 g/mol. The Balaban J connectivity index is 2.63. The lowest BCUT2D eigenvalue weighted by Gasteiger charge is -2.17. The third-order valence-corrected chi connectivity index (χ3v) is 1.61. The van der Waals surface area contributed by atoms with Crippen LogP contribution in [0.2, 0.25) is 0 Å². The lowest BCUT2D eigenvalue weighted by molar-refractivity contribution is -0.105. The topological polar surface area (TPSA) is 29.1 Å². The SMILES string of the molecule is CC1NCCC=C1C=O. The van der Waals surface area contributed by atoms with E-state index >= 15 is 0 Å². The first-order chi connectivity index (χ1) is 4.34. The number of nitrogens with one attached hydrogen (secondary N) is 1. The highest BCUT2D eigenvalue weighted by Gasteiger charge is 2.09. The number of carbonyl (C=O) groups excluding carboxylic acids is 1. The van der Waals surface area contributed by atoms with E-state index in [1.54, 1.807) is 0 Å². The van der Waals surface area contributed by atoms with Gasteiger partial charge in [-0.3, -0.25) is 4.79 Å². The highest BCUT2D eigenvalue weighted by molar-refractivity contribution is 5.75. The Bertz CT molecular complexity index is 140. The van der Waals surface area contributed by atoms with E-state index in [9.17, 15) is 4.79 Å². The van der Waals surface area contributed by atoms with Crippen molar-refractivity contribution in [3.63, 3.8) is 0 Å². The summed E-state index contributed by atoms with van der Waals surface area (Å²) in [5, 5.41) is 3.18. The molecule has 1 heterocycles. The van der Waals surface area contributed by atoms with Gasteiger partial charge >= 0.3 is 0 Å². The second-order valence-electron chi connectivity index (χ2n) is 2.29. The van der Waals surface area contributed by atoms with Gasteiger partial charge in [0.25, 0.3) is 0 Å². The summed E-state index contributed by atoms with van der Waals surface area (Å²) in [6, 6.07) is 0.260. The van der Waals surface area contributed by atoms with E-state index in [-0.39, 0.29) is 6.04 Å². The fraction of sp³-hybridized carbons (Fsp3) is 0.571. The van der Waals surface area contributed by atoms with E-state index in [1.807, 2.05) is 13.0 Å². The molecule has 0 aromatic rings. The second kappa shape index (κ2) is 2.78. The van der Waals surface area contributed by atoms with Crippen LogP contribution in [0.15, 0.2) is 11.6 Å². The molecule has 2 heteroatoms. The molecule has 1 N–H and O–H groups in total. The molecule has 1 atom stereocenters. The molecule has 1 aliphatic rings. The molecule has 9 heavy (non-hydrogen) atoms. The average molecular weight is 125 g/mol. The molecule has 0 amide bonds. The molecule has 0 saturated carbocycles. The molecule has 0 spiro atoms. The van der Waals surface area contributed by atoms with Crippen molar-refractivity contribution in [2.45, 2.75) is 19.4 Å². The van der Waals surface area contributed by atoms with Crippen molar-refractivity contribution in [3.8, 4) is 0 Å². The van der Waals surface area contributed by atoms with Crippen LogP contribution in [0, 0.1) is 0 Å². The zero-order valence-electron chi connectivity index (χ0n) is 5.55. The number of aldehydes is 1. The predicted octanol–water partition coefficient (Wildman–Crippen LogP) is 0.494. The van der Waals surface area contributed by atoms with Gasteiger partial charge in [-0.05, 0) is 19.9 Å². The third kappa shape index (κ3) is 1.39. The van der Waals surface area contributed by atoms with Gasteiger partial charge in [-0.25, -0.2) is 0 Å². The van der Waals surface area contributed by atoms with Crippen LogP contribution in [0.3, 0.4) is 0 Å². The van der Waals surface area contributed by atoms with Crippen LogP contribution in [-0.4, -0.2) is 18.9 Å². The van der Waals surface area contributed by atoms with Crippen molar-refractivity contribution in [2.75, 3.05) is 6.54 Å². The fourth-order valence-corrected chi connectivity index (χ4v) is 0.983. The van der Waals surface area contributed by atoms with Crippen LogP contribution >= 0.6 is 0 Å². The van der Waals surface area contributed by atoms with Gasteiger partial charge in [-0.1, -0.05) is 6.08 Å². The first kappa shape index (κ1) is 6.49. The summed E-state index contributed by atoms with van der Waals surface area (Å²) in [4.78, 5) is 10.3. The van der Waals surface area contributed by atoms with Crippen molar-refractivity contribution in [2.24, 2.45) is 0 Å². The molecular weight excluding hydrogens is 114 g/mol. The first-order valence-corrected chi connectivity index (χ1v) is 3.23. The Morgan fingerprint density at radius 3 is 3.11 bits per heavy atom. The number of hydrogen-bond donors (Lipinski definition) is 1. The maximum absolute atomic E-state index is 10.3. The molecule has 0 fully saturated rings. The van der Waals surface area contributed by atoms with E-state index in [2.05, 4.69) is 5.32 Å². The van der Waals surface area contributed by atoms with Crippen LogP contribution in [0.5, 0.6) is 0 Å². The van der Waals surface area contributed by atoms with Crippen molar-refractivity contribution in [1.29, 1.82) is 0 Å². The van der Waals surface area contributed by atoms with Gasteiger partial charge in [-0.15, -0.1) is 0 Å². The average Bonchev–Trinajstić information content (AvgIpc) is 1.89. The smallest absolute Gasteiger partial charge is 0.147 e. The molecule has 1 rings (SSSR count). The van der Waals surface area contributed by atoms with Gasteiger partial charge in [0.2, 0.25) is 0 Å².